The van der Waals surface area contributed by atoms with E-state index in [4.69, 9.17) is 9.47 Å². The van der Waals surface area contributed by atoms with E-state index in [0.29, 0.717) is 17.1 Å². The van der Waals surface area contributed by atoms with Crippen molar-refractivity contribution >= 4 is 33.0 Å². The number of rotatable bonds is 5. The zero-order valence-corrected chi connectivity index (χ0v) is 11.1. The van der Waals surface area contributed by atoms with E-state index >= 15 is 0 Å². The Balaban J connectivity index is 0.00000256. The fourth-order valence-electron chi connectivity index (χ4n) is 1.52. The minimum atomic E-state index is 0. The van der Waals surface area contributed by atoms with Crippen LogP contribution >= 0.6 is 8.58 Å². The molecular formula is C12H18LiO3P. The van der Waals surface area contributed by atoms with Gasteiger partial charge in [0, 0.05) is 0 Å². The zero-order valence-electron chi connectivity index (χ0n) is 10.1. The summed E-state index contributed by atoms with van der Waals surface area (Å²) in [6.07, 6.45) is 0.846. The van der Waals surface area contributed by atoms with Gasteiger partial charge in [0.05, 0.1) is 14.2 Å². The summed E-state index contributed by atoms with van der Waals surface area (Å²) in [4.78, 5) is 12.0. The second-order valence-electron chi connectivity index (χ2n) is 3.40. The first-order valence-electron chi connectivity index (χ1n) is 5.14. The predicted molar refractivity (Wildman–Crippen MR) is 74.6 cm³/mol. The summed E-state index contributed by atoms with van der Waals surface area (Å²) in [7, 11) is 3.40. The molecule has 0 amide bonds. The molecule has 1 atom stereocenters. The maximum atomic E-state index is 12.0. The van der Waals surface area contributed by atoms with Crippen molar-refractivity contribution in [1.29, 1.82) is 0 Å². The van der Waals surface area contributed by atoms with Gasteiger partial charge >= 0.3 is 18.9 Å². The normalized spacial score (nSPS) is 10.1. The van der Waals surface area contributed by atoms with Crippen LogP contribution in [0.1, 0.15) is 22.8 Å². The molecule has 1 unspecified atom stereocenters. The third-order valence-corrected chi connectivity index (χ3v) is 3.14. The average molecular weight is 248 g/mol. The molecule has 17 heavy (non-hydrogen) atoms. The Kier molecular flexibility index (Phi) is 7.55. The molecule has 0 aromatic heterocycles. The molecule has 1 aromatic rings. The molecule has 0 heterocycles. The van der Waals surface area contributed by atoms with Crippen molar-refractivity contribution in [3.63, 3.8) is 0 Å². The molecule has 0 bridgehead atoms. The number of carbonyl (C=O) groups excluding carboxylic acids is 1. The van der Waals surface area contributed by atoms with Crippen molar-refractivity contribution in [1.82, 2.24) is 0 Å². The number of hydrogen-bond acceptors (Lipinski definition) is 3. The van der Waals surface area contributed by atoms with Crippen LogP contribution in [0.5, 0.6) is 11.5 Å². The van der Waals surface area contributed by atoms with Gasteiger partial charge in [0.15, 0.2) is 5.52 Å². The van der Waals surface area contributed by atoms with Gasteiger partial charge in [0.2, 0.25) is 0 Å². The Morgan fingerprint density at radius 3 is 2.06 bits per heavy atom. The molecule has 0 fully saturated rings. The molecule has 0 aliphatic heterocycles. The summed E-state index contributed by atoms with van der Waals surface area (Å²) >= 11 is 0. The van der Waals surface area contributed by atoms with Crippen LogP contribution < -0.4 is 9.47 Å². The first-order valence-corrected chi connectivity index (χ1v) is 6.35. The van der Waals surface area contributed by atoms with E-state index in [1.807, 2.05) is 26.0 Å². The predicted octanol–water partition coefficient (Wildman–Crippen LogP) is 2.20. The Hall–Kier alpha value is -0.483. The summed E-state index contributed by atoms with van der Waals surface area (Å²) in [5, 5.41) is 0. The van der Waals surface area contributed by atoms with Crippen LogP contribution in [0.15, 0.2) is 12.1 Å². The molecule has 3 nitrogen and oxygen atoms in total. The molecule has 0 N–H and O–H groups in total. The molecule has 0 saturated carbocycles. The molecule has 1 rings (SSSR count). The quantitative estimate of drug-likeness (QED) is 0.592. The van der Waals surface area contributed by atoms with E-state index in [-0.39, 0.29) is 33.0 Å². The topological polar surface area (TPSA) is 35.5 Å². The molecule has 0 radical (unpaired) electrons. The third-order valence-electron chi connectivity index (χ3n) is 2.21. The Morgan fingerprint density at radius 1 is 1.24 bits per heavy atom. The van der Waals surface area contributed by atoms with Crippen LogP contribution in [0.25, 0.3) is 0 Å². The number of hydrogen-bond donors (Lipinski definition) is 0. The van der Waals surface area contributed by atoms with Crippen LogP contribution in [0.4, 0.5) is 0 Å². The number of aryl methyl sites for hydroxylation is 1. The van der Waals surface area contributed by atoms with Crippen molar-refractivity contribution in [3.8, 4) is 11.5 Å². The van der Waals surface area contributed by atoms with Crippen molar-refractivity contribution in [3.05, 3.63) is 23.3 Å². The van der Waals surface area contributed by atoms with Gasteiger partial charge in [-0.25, -0.2) is 0 Å². The van der Waals surface area contributed by atoms with Gasteiger partial charge in [-0.1, -0.05) is 6.92 Å². The standard InChI is InChI=1S/C12H17O3P.Li.H/c1-5-16-12(13)11-9(14-3)6-8(2)7-10(11)15-4;;/h6-7,16H,5H2,1-4H3;;. The van der Waals surface area contributed by atoms with Crippen LogP contribution in [-0.4, -0.2) is 44.8 Å². The van der Waals surface area contributed by atoms with Crippen LogP contribution in [-0.2, 0) is 0 Å². The number of methoxy groups -OCH3 is 2. The van der Waals surface area contributed by atoms with Gasteiger partial charge in [0.25, 0.3) is 0 Å². The number of benzene rings is 1. The first kappa shape index (κ1) is 16.5. The molecule has 5 heteroatoms. The van der Waals surface area contributed by atoms with Crippen molar-refractivity contribution in [2.24, 2.45) is 0 Å². The molecule has 0 spiro atoms. The van der Waals surface area contributed by atoms with Crippen LogP contribution in [0.3, 0.4) is 0 Å². The number of carbonyl (C=O) groups is 1. The van der Waals surface area contributed by atoms with Crippen molar-refractivity contribution in [2.75, 3.05) is 20.4 Å². The van der Waals surface area contributed by atoms with E-state index in [1.54, 1.807) is 14.2 Å². The summed E-state index contributed by atoms with van der Waals surface area (Å²) in [6, 6.07) is 3.71. The van der Waals surface area contributed by atoms with Crippen LogP contribution in [0.2, 0.25) is 0 Å². The van der Waals surface area contributed by atoms with E-state index in [1.165, 1.54) is 0 Å². The number of ether oxygens (including phenoxy) is 2. The summed E-state index contributed by atoms with van der Waals surface area (Å²) in [5.41, 5.74) is 1.68. The fourth-order valence-corrected chi connectivity index (χ4v) is 2.26. The second-order valence-corrected chi connectivity index (χ2v) is 4.92. The Bertz CT molecular complexity index is 368. The van der Waals surface area contributed by atoms with Gasteiger partial charge in [-0.05, 0) is 39.4 Å². The Morgan fingerprint density at radius 2 is 1.71 bits per heavy atom. The molecule has 0 saturated heterocycles. The second kappa shape index (κ2) is 7.77. The van der Waals surface area contributed by atoms with Gasteiger partial charge in [-0.15, -0.1) is 0 Å². The summed E-state index contributed by atoms with van der Waals surface area (Å²) < 4.78 is 10.5. The van der Waals surface area contributed by atoms with E-state index in [0.717, 1.165) is 11.7 Å². The van der Waals surface area contributed by atoms with Crippen molar-refractivity contribution < 1.29 is 14.3 Å². The minimum absolute atomic E-state index is 0. The average Bonchev–Trinajstić information content (AvgIpc) is 2.27. The molecular weight excluding hydrogens is 230 g/mol. The SMILES string of the molecule is CCPC(=O)c1c(OC)cc(C)cc1OC.[LiH]. The first-order chi connectivity index (χ1) is 7.63. The fraction of sp³-hybridized carbons (Fsp3) is 0.417. The molecule has 90 valence electrons. The molecule has 1 aromatic carbocycles. The van der Waals surface area contributed by atoms with Crippen molar-refractivity contribution in [2.45, 2.75) is 13.8 Å². The Labute approximate surface area is 116 Å². The molecule has 0 aliphatic carbocycles. The summed E-state index contributed by atoms with van der Waals surface area (Å²) in [5.74, 6) is 1.20. The zero-order chi connectivity index (χ0) is 12.1. The van der Waals surface area contributed by atoms with Gasteiger partial charge in [-0.3, -0.25) is 4.79 Å². The van der Waals surface area contributed by atoms with Crippen LogP contribution in [0, 0.1) is 6.92 Å². The van der Waals surface area contributed by atoms with Gasteiger partial charge in [-0.2, -0.15) is 0 Å². The molecule has 0 aliphatic rings. The summed E-state index contributed by atoms with van der Waals surface area (Å²) in [6.45, 7) is 3.94. The van der Waals surface area contributed by atoms with Gasteiger partial charge < -0.3 is 9.47 Å². The van der Waals surface area contributed by atoms with Gasteiger partial charge in [0.1, 0.15) is 17.1 Å². The third kappa shape index (κ3) is 4.03. The van der Waals surface area contributed by atoms with E-state index in [2.05, 4.69) is 0 Å². The van der Waals surface area contributed by atoms with E-state index < -0.39 is 0 Å². The van der Waals surface area contributed by atoms with E-state index in [9.17, 15) is 4.79 Å². The monoisotopic (exact) mass is 248 g/mol. The maximum absolute atomic E-state index is 12.0.